The first kappa shape index (κ1) is 19.4. The van der Waals surface area contributed by atoms with Crippen molar-refractivity contribution in [3.05, 3.63) is 78.0 Å². The van der Waals surface area contributed by atoms with E-state index in [0.29, 0.717) is 17.1 Å². The van der Waals surface area contributed by atoms with Crippen molar-refractivity contribution in [2.24, 2.45) is 0 Å². The van der Waals surface area contributed by atoms with E-state index in [2.05, 4.69) is 48.5 Å². The minimum atomic E-state index is -0.209. The first-order valence-corrected chi connectivity index (χ1v) is 9.14. The van der Waals surface area contributed by atoms with Crippen molar-refractivity contribution in [3.63, 3.8) is 0 Å². The maximum Gasteiger partial charge on any atom is 0.257 e. The van der Waals surface area contributed by atoms with Crippen LogP contribution < -0.4 is 15.4 Å². The van der Waals surface area contributed by atoms with Crippen molar-refractivity contribution in [3.8, 4) is 5.75 Å². The van der Waals surface area contributed by atoms with Crippen LogP contribution in [0.15, 0.2) is 66.9 Å². The van der Waals surface area contributed by atoms with Gasteiger partial charge in [0, 0.05) is 17.6 Å². The molecule has 0 aliphatic carbocycles. The zero-order chi connectivity index (χ0) is 20.1. The van der Waals surface area contributed by atoms with Gasteiger partial charge in [0.1, 0.15) is 11.6 Å². The van der Waals surface area contributed by atoms with Crippen molar-refractivity contribution in [1.82, 2.24) is 4.98 Å². The molecule has 1 heterocycles. The quantitative estimate of drug-likeness (QED) is 0.628. The lowest BCUT2D eigenvalue weighted by molar-refractivity contribution is 0.102. The average Bonchev–Trinajstić information content (AvgIpc) is 2.69. The van der Waals surface area contributed by atoms with Crippen LogP contribution in [0.1, 0.15) is 36.7 Å². The number of carbonyl (C=O) groups excluding carboxylic acids is 1. The van der Waals surface area contributed by atoms with E-state index in [1.165, 1.54) is 5.56 Å². The highest BCUT2D eigenvalue weighted by Gasteiger charge is 2.13. The Labute approximate surface area is 165 Å². The molecule has 0 bridgehead atoms. The molecule has 3 aromatic rings. The maximum atomic E-state index is 12.4. The van der Waals surface area contributed by atoms with Crippen molar-refractivity contribution < 1.29 is 9.53 Å². The van der Waals surface area contributed by atoms with Gasteiger partial charge in [0.2, 0.25) is 0 Å². The molecule has 0 saturated heterocycles. The number of amides is 1. The number of nitrogens with one attached hydrogen (secondary N) is 2. The monoisotopic (exact) mass is 375 g/mol. The molecule has 0 atom stereocenters. The van der Waals surface area contributed by atoms with Gasteiger partial charge in [-0.2, -0.15) is 0 Å². The molecule has 144 valence electrons. The summed E-state index contributed by atoms with van der Waals surface area (Å²) in [6, 6.07) is 19.0. The number of benzene rings is 2. The van der Waals surface area contributed by atoms with E-state index in [-0.39, 0.29) is 11.3 Å². The van der Waals surface area contributed by atoms with Crippen molar-refractivity contribution in [2.75, 3.05) is 17.7 Å². The van der Waals surface area contributed by atoms with Gasteiger partial charge >= 0.3 is 0 Å². The summed E-state index contributed by atoms with van der Waals surface area (Å²) in [5.74, 6) is 1.22. The predicted octanol–water partition coefficient (Wildman–Crippen LogP) is 5.38. The summed E-state index contributed by atoms with van der Waals surface area (Å²) in [7, 11) is 1.60. The Morgan fingerprint density at radius 3 is 2.07 bits per heavy atom. The van der Waals surface area contributed by atoms with Gasteiger partial charge in [0.15, 0.2) is 0 Å². The molecule has 1 aromatic heterocycles. The van der Waals surface area contributed by atoms with Gasteiger partial charge < -0.3 is 15.4 Å². The van der Waals surface area contributed by atoms with Crippen molar-refractivity contribution in [1.29, 1.82) is 0 Å². The summed E-state index contributed by atoms with van der Waals surface area (Å²) in [5, 5.41) is 6.10. The van der Waals surface area contributed by atoms with Gasteiger partial charge in [-0.05, 0) is 59.5 Å². The SMILES string of the molecule is COc1ccc(NC(=O)c2ccc(Nc3ccc(C(C)(C)C)cc3)nc2)cc1. The predicted molar refractivity (Wildman–Crippen MR) is 114 cm³/mol. The number of rotatable bonds is 5. The third-order valence-corrected chi connectivity index (χ3v) is 4.40. The van der Waals surface area contributed by atoms with Crippen molar-refractivity contribution >= 4 is 23.1 Å². The van der Waals surface area contributed by atoms with E-state index in [1.807, 2.05) is 12.1 Å². The summed E-state index contributed by atoms with van der Waals surface area (Å²) in [4.78, 5) is 16.7. The number of pyridine rings is 1. The van der Waals surface area contributed by atoms with Gasteiger partial charge in [-0.15, -0.1) is 0 Å². The molecule has 0 fully saturated rings. The topological polar surface area (TPSA) is 63.2 Å². The minimum Gasteiger partial charge on any atom is -0.497 e. The molecule has 5 heteroatoms. The highest BCUT2D eigenvalue weighted by Crippen LogP contribution is 2.24. The van der Waals surface area contributed by atoms with Crippen LogP contribution in [0, 0.1) is 0 Å². The van der Waals surface area contributed by atoms with Gasteiger partial charge in [0.25, 0.3) is 5.91 Å². The van der Waals surface area contributed by atoms with Crippen LogP contribution in [-0.2, 0) is 5.41 Å². The number of methoxy groups -OCH3 is 1. The number of hydrogen-bond donors (Lipinski definition) is 2. The third-order valence-electron chi connectivity index (χ3n) is 4.40. The number of aromatic nitrogens is 1. The third kappa shape index (κ3) is 4.88. The fraction of sp³-hybridized carbons (Fsp3) is 0.217. The molecule has 2 N–H and O–H groups in total. The second-order valence-electron chi connectivity index (χ2n) is 7.57. The second kappa shape index (κ2) is 8.13. The van der Waals surface area contributed by atoms with E-state index in [1.54, 1.807) is 49.7 Å². The molecule has 0 spiro atoms. The largest absolute Gasteiger partial charge is 0.497 e. The smallest absolute Gasteiger partial charge is 0.257 e. The van der Waals surface area contributed by atoms with Crippen LogP contribution in [0.3, 0.4) is 0 Å². The second-order valence-corrected chi connectivity index (χ2v) is 7.57. The minimum absolute atomic E-state index is 0.121. The normalized spacial score (nSPS) is 11.0. The Balaban J connectivity index is 1.63. The average molecular weight is 375 g/mol. The summed E-state index contributed by atoms with van der Waals surface area (Å²) in [6.07, 6.45) is 1.56. The van der Waals surface area contributed by atoms with Crippen LogP contribution >= 0.6 is 0 Å². The summed E-state index contributed by atoms with van der Waals surface area (Å²) in [6.45, 7) is 6.56. The van der Waals surface area contributed by atoms with E-state index in [0.717, 1.165) is 11.4 Å². The molecule has 0 radical (unpaired) electrons. The molecule has 0 saturated carbocycles. The Morgan fingerprint density at radius 2 is 1.54 bits per heavy atom. The van der Waals surface area contributed by atoms with Gasteiger partial charge in [0.05, 0.1) is 12.7 Å². The first-order valence-electron chi connectivity index (χ1n) is 9.14. The number of nitrogens with zero attached hydrogens (tertiary/aromatic N) is 1. The molecular weight excluding hydrogens is 350 g/mol. The van der Waals surface area contributed by atoms with Crippen LogP contribution in [0.5, 0.6) is 5.75 Å². The first-order chi connectivity index (χ1) is 13.3. The van der Waals surface area contributed by atoms with Gasteiger partial charge in [-0.25, -0.2) is 4.98 Å². The molecule has 5 nitrogen and oxygen atoms in total. The van der Waals surface area contributed by atoms with Crippen LogP contribution in [0.2, 0.25) is 0 Å². The number of carbonyl (C=O) groups is 1. The maximum absolute atomic E-state index is 12.4. The number of ether oxygens (including phenoxy) is 1. The van der Waals surface area contributed by atoms with Crippen LogP contribution in [0.4, 0.5) is 17.2 Å². The zero-order valence-corrected chi connectivity index (χ0v) is 16.6. The Morgan fingerprint density at radius 1 is 0.893 bits per heavy atom. The Hall–Kier alpha value is -3.34. The Kier molecular flexibility index (Phi) is 5.64. The fourth-order valence-corrected chi connectivity index (χ4v) is 2.68. The standard InChI is InChI=1S/C23H25N3O2/c1-23(2,3)17-6-8-18(9-7-17)25-21-14-5-16(15-24-21)22(27)26-19-10-12-20(28-4)13-11-19/h5-15H,1-4H3,(H,24,25)(H,26,27). The summed E-state index contributed by atoms with van der Waals surface area (Å²) >= 11 is 0. The summed E-state index contributed by atoms with van der Waals surface area (Å²) < 4.78 is 5.11. The van der Waals surface area contributed by atoms with E-state index in [4.69, 9.17) is 4.74 Å². The molecule has 2 aromatic carbocycles. The van der Waals surface area contributed by atoms with Crippen molar-refractivity contribution in [2.45, 2.75) is 26.2 Å². The molecular formula is C23H25N3O2. The van der Waals surface area contributed by atoms with Gasteiger partial charge in [-0.1, -0.05) is 32.9 Å². The van der Waals surface area contributed by atoms with E-state index < -0.39 is 0 Å². The Bertz CT molecular complexity index is 926. The lowest BCUT2D eigenvalue weighted by Crippen LogP contribution is -2.12. The fourth-order valence-electron chi connectivity index (χ4n) is 2.68. The van der Waals surface area contributed by atoms with Crippen LogP contribution in [-0.4, -0.2) is 18.0 Å². The van der Waals surface area contributed by atoms with Crippen LogP contribution in [0.25, 0.3) is 0 Å². The number of anilines is 3. The molecule has 0 aliphatic rings. The number of hydrogen-bond acceptors (Lipinski definition) is 4. The lowest BCUT2D eigenvalue weighted by atomic mass is 9.87. The highest BCUT2D eigenvalue weighted by molar-refractivity contribution is 6.04. The molecule has 3 rings (SSSR count). The molecule has 1 amide bonds. The molecule has 0 aliphatic heterocycles. The summed E-state index contributed by atoms with van der Waals surface area (Å²) in [5.41, 5.74) is 3.54. The van der Waals surface area contributed by atoms with Gasteiger partial charge in [-0.3, -0.25) is 4.79 Å². The molecule has 28 heavy (non-hydrogen) atoms. The van der Waals surface area contributed by atoms with E-state index in [9.17, 15) is 4.79 Å². The lowest BCUT2D eigenvalue weighted by Gasteiger charge is -2.19. The highest BCUT2D eigenvalue weighted by atomic mass is 16.5. The van der Waals surface area contributed by atoms with E-state index >= 15 is 0 Å². The zero-order valence-electron chi connectivity index (χ0n) is 16.6. The molecule has 0 unspecified atom stereocenters.